The van der Waals surface area contributed by atoms with Gasteiger partial charge in [0, 0.05) is 51.3 Å². The highest BCUT2D eigenvalue weighted by Crippen LogP contribution is 2.47. The topological polar surface area (TPSA) is 139 Å². The summed E-state index contributed by atoms with van der Waals surface area (Å²) in [6.45, 7) is 2.28. The third-order valence-electron chi connectivity index (χ3n) is 9.28. The minimum absolute atomic E-state index is 0.0679. The van der Waals surface area contributed by atoms with Crippen LogP contribution in [0.15, 0.2) is 18.3 Å². The number of halogens is 5. The van der Waals surface area contributed by atoms with Gasteiger partial charge in [0.15, 0.2) is 17.5 Å². The van der Waals surface area contributed by atoms with Crippen molar-refractivity contribution in [3.05, 3.63) is 35.8 Å². The minimum atomic E-state index is -3.00. The number of aliphatic hydroxyl groups is 3. The lowest BCUT2D eigenvalue weighted by Gasteiger charge is -2.48. The lowest BCUT2D eigenvalue weighted by Crippen LogP contribution is -2.60. The summed E-state index contributed by atoms with van der Waals surface area (Å²) in [5, 5.41) is 39.9. The van der Waals surface area contributed by atoms with Gasteiger partial charge in [0.2, 0.25) is 11.8 Å². The molecule has 1 aromatic carbocycles. The van der Waals surface area contributed by atoms with E-state index in [2.05, 4.69) is 10.3 Å². The fourth-order valence-electron chi connectivity index (χ4n) is 6.58. The van der Waals surface area contributed by atoms with Gasteiger partial charge in [-0.2, -0.15) is 0 Å². The Morgan fingerprint density at radius 3 is 2.38 bits per heavy atom. The van der Waals surface area contributed by atoms with Crippen LogP contribution in [0.1, 0.15) is 51.5 Å². The van der Waals surface area contributed by atoms with Crippen LogP contribution >= 0.6 is 11.8 Å². The Labute approximate surface area is 272 Å². The van der Waals surface area contributed by atoms with Gasteiger partial charge >= 0.3 is 0 Å². The first-order chi connectivity index (χ1) is 22.3. The SMILES string of the molecule is CCN(C(=O)[C@@H](S[C@@H]1O[C@H](CO)[C@H](O)[C@H](n2cc(-c3cc(F)c(F)c(F)c3)nn2)[C@H]1OC)C1(O)CCC(F)(F)CC1)C1CCOCC1. The van der Waals surface area contributed by atoms with E-state index in [1.165, 1.54) is 13.3 Å². The van der Waals surface area contributed by atoms with Crippen LogP contribution in [0.3, 0.4) is 0 Å². The van der Waals surface area contributed by atoms with Gasteiger partial charge in [-0.1, -0.05) is 5.21 Å². The minimum Gasteiger partial charge on any atom is -0.394 e. The Balaban J connectivity index is 1.48. The third kappa shape index (κ3) is 7.45. The van der Waals surface area contributed by atoms with Gasteiger partial charge < -0.3 is 34.4 Å². The maximum Gasteiger partial charge on any atom is 0.248 e. The number of carbonyl (C=O) groups is 1. The molecule has 3 aliphatic rings. The van der Waals surface area contributed by atoms with Crippen LogP contribution in [0.25, 0.3) is 11.3 Å². The molecule has 11 nitrogen and oxygen atoms in total. The van der Waals surface area contributed by atoms with E-state index in [0.29, 0.717) is 32.6 Å². The van der Waals surface area contributed by atoms with Gasteiger partial charge in [0.25, 0.3) is 0 Å². The summed E-state index contributed by atoms with van der Waals surface area (Å²) in [6, 6.07) is 0.119. The average molecular weight is 695 g/mol. The molecule has 17 heteroatoms. The summed E-state index contributed by atoms with van der Waals surface area (Å²) < 4.78 is 88.4. The second-order valence-electron chi connectivity index (χ2n) is 12.2. The Bertz CT molecular complexity index is 1370. The third-order valence-corrected chi connectivity index (χ3v) is 10.8. The second-order valence-corrected chi connectivity index (χ2v) is 13.4. The molecule has 0 spiro atoms. The number of amides is 1. The van der Waals surface area contributed by atoms with Crippen LogP contribution in [0.4, 0.5) is 22.0 Å². The molecular weight excluding hydrogens is 655 g/mol. The van der Waals surface area contributed by atoms with E-state index in [9.17, 15) is 42.1 Å². The zero-order chi connectivity index (χ0) is 34.1. The quantitative estimate of drug-likeness (QED) is 0.251. The van der Waals surface area contributed by atoms with Crippen molar-refractivity contribution >= 4 is 17.7 Å². The van der Waals surface area contributed by atoms with Crippen molar-refractivity contribution in [3.63, 3.8) is 0 Å². The van der Waals surface area contributed by atoms with E-state index in [4.69, 9.17) is 14.2 Å². The highest BCUT2D eigenvalue weighted by atomic mass is 32.2. The first-order valence-corrected chi connectivity index (χ1v) is 16.4. The summed E-state index contributed by atoms with van der Waals surface area (Å²) in [5.74, 6) is -8.00. The molecule has 3 fully saturated rings. The summed E-state index contributed by atoms with van der Waals surface area (Å²) in [5.41, 5.74) is -3.21. The maximum absolute atomic E-state index is 14.3. The Morgan fingerprint density at radius 2 is 1.81 bits per heavy atom. The number of methoxy groups -OCH3 is 1. The number of alkyl halides is 2. The number of benzene rings is 1. The highest BCUT2D eigenvalue weighted by molar-refractivity contribution is 8.01. The van der Waals surface area contributed by atoms with Crippen molar-refractivity contribution < 1.29 is 56.3 Å². The van der Waals surface area contributed by atoms with Crippen LogP contribution in [0, 0.1) is 17.5 Å². The van der Waals surface area contributed by atoms with Crippen LogP contribution in [-0.4, -0.2) is 121 Å². The van der Waals surface area contributed by atoms with Crippen molar-refractivity contribution in [1.29, 1.82) is 0 Å². The fourth-order valence-corrected chi connectivity index (χ4v) is 8.23. The molecular formula is C30H39F5N4O7S. The summed E-state index contributed by atoms with van der Waals surface area (Å²) in [6.07, 6.45) is -3.44. The molecule has 3 heterocycles. The van der Waals surface area contributed by atoms with Crippen molar-refractivity contribution in [2.45, 2.75) is 98.1 Å². The molecule has 262 valence electrons. The van der Waals surface area contributed by atoms with E-state index in [1.54, 1.807) is 11.8 Å². The number of aromatic nitrogens is 3. The summed E-state index contributed by atoms with van der Waals surface area (Å²) >= 11 is 0.859. The van der Waals surface area contributed by atoms with Gasteiger partial charge in [-0.25, -0.2) is 26.6 Å². The average Bonchev–Trinajstić information content (AvgIpc) is 3.54. The predicted octanol–water partition coefficient (Wildman–Crippen LogP) is 3.07. The van der Waals surface area contributed by atoms with Crippen molar-refractivity contribution in [1.82, 2.24) is 19.9 Å². The maximum atomic E-state index is 14.3. The molecule has 0 radical (unpaired) electrons. The lowest BCUT2D eigenvalue weighted by molar-refractivity contribution is -0.187. The number of rotatable bonds is 10. The molecule has 1 aromatic heterocycles. The standard InChI is InChI=1S/C30H39F5N4O7S/c1-3-38(17-4-10-45-11-5-17)27(42)26(29(43)6-8-30(34,35)9-7-29)47-28-25(44-2)23(24(41)21(15-40)46-28)39-14-20(36-37-39)16-12-18(31)22(33)19(32)13-16/h12-14,17,21,23-26,28,40-41,43H,3-11,15H2,1-2H3/t21-,23+,24+,25-,26-,28+/m1/s1. The van der Waals surface area contributed by atoms with Gasteiger partial charge in [-0.15, -0.1) is 16.9 Å². The number of hydrogen-bond acceptors (Lipinski definition) is 10. The zero-order valence-corrected chi connectivity index (χ0v) is 26.7. The molecule has 6 atom stereocenters. The smallest absolute Gasteiger partial charge is 0.248 e. The van der Waals surface area contributed by atoms with E-state index in [-0.39, 0.29) is 30.1 Å². The first-order valence-electron chi connectivity index (χ1n) is 15.5. The first kappa shape index (κ1) is 35.9. The van der Waals surface area contributed by atoms with E-state index >= 15 is 0 Å². The predicted molar refractivity (Wildman–Crippen MR) is 158 cm³/mol. The van der Waals surface area contributed by atoms with Crippen molar-refractivity contribution in [3.8, 4) is 11.3 Å². The largest absolute Gasteiger partial charge is 0.394 e. The normalized spacial score (nSPS) is 28.6. The molecule has 47 heavy (non-hydrogen) atoms. The second kappa shape index (κ2) is 14.6. The van der Waals surface area contributed by atoms with Gasteiger partial charge in [0.05, 0.1) is 18.4 Å². The monoisotopic (exact) mass is 694 g/mol. The molecule has 2 aliphatic heterocycles. The molecule has 2 aromatic rings. The Kier molecular flexibility index (Phi) is 11.1. The molecule has 1 aliphatic carbocycles. The molecule has 1 saturated carbocycles. The molecule has 2 saturated heterocycles. The number of aliphatic hydroxyl groups excluding tert-OH is 2. The van der Waals surface area contributed by atoms with E-state index in [1.807, 2.05) is 0 Å². The number of hydrogen-bond donors (Lipinski definition) is 3. The summed E-state index contributed by atoms with van der Waals surface area (Å²) in [7, 11) is 1.30. The molecule has 0 unspecified atom stereocenters. The van der Waals surface area contributed by atoms with Gasteiger partial charge in [-0.3, -0.25) is 4.79 Å². The van der Waals surface area contributed by atoms with Gasteiger partial charge in [-0.05, 0) is 44.7 Å². The number of ether oxygens (including phenoxy) is 3. The zero-order valence-electron chi connectivity index (χ0n) is 25.9. The van der Waals surface area contributed by atoms with Gasteiger partial charge in [0.1, 0.15) is 40.7 Å². The molecule has 1 amide bonds. The highest BCUT2D eigenvalue weighted by Gasteiger charge is 2.55. The van der Waals surface area contributed by atoms with E-state index < -0.39 is 89.4 Å². The number of carbonyl (C=O) groups excluding carboxylic acids is 1. The molecule has 5 rings (SSSR count). The fraction of sp³-hybridized carbons (Fsp3) is 0.700. The van der Waals surface area contributed by atoms with Crippen LogP contribution in [0.5, 0.6) is 0 Å². The van der Waals surface area contributed by atoms with Crippen LogP contribution in [0.2, 0.25) is 0 Å². The van der Waals surface area contributed by atoms with Crippen LogP contribution in [-0.2, 0) is 19.0 Å². The summed E-state index contributed by atoms with van der Waals surface area (Å²) in [4.78, 5) is 15.9. The Hall–Kier alpha value is -2.41. The lowest BCUT2D eigenvalue weighted by atomic mass is 9.79. The molecule has 3 N–H and O–H groups in total. The van der Waals surface area contributed by atoms with Crippen molar-refractivity contribution in [2.75, 3.05) is 33.5 Å². The van der Waals surface area contributed by atoms with Crippen LogP contribution < -0.4 is 0 Å². The van der Waals surface area contributed by atoms with E-state index in [0.717, 1.165) is 28.6 Å². The Morgan fingerprint density at radius 1 is 1.17 bits per heavy atom. The number of thioether (sulfide) groups is 1. The number of nitrogens with zero attached hydrogens (tertiary/aromatic N) is 4. The van der Waals surface area contributed by atoms with Crippen molar-refractivity contribution in [2.24, 2.45) is 0 Å². The molecule has 0 bridgehead atoms.